The number of esters is 2. The Hall–Kier alpha value is -1.69. The lowest BCUT2D eigenvalue weighted by Gasteiger charge is -2.59. The second kappa shape index (κ2) is 11.0. The third-order valence-corrected chi connectivity index (χ3v) is 10.4. The van der Waals surface area contributed by atoms with Gasteiger partial charge in [-0.2, -0.15) is 0 Å². The number of ether oxygens (including phenoxy) is 3. The van der Waals surface area contributed by atoms with E-state index in [9.17, 15) is 14.4 Å². The Morgan fingerprint density at radius 2 is 1.75 bits per heavy atom. The van der Waals surface area contributed by atoms with Gasteiger partial charge in [0.05, 0.1) is 13.2 Å². The van der Waals surface area contributed by atoms with Gasteiger partial charge in [0.15, 0.2) is 0 Å². The van der Waals surface area contributed by atoms with Gasteiger partial charge in [-0.05, 0) is 86.9 Å². The maximum absolute atomic E-state index is 12.6. The van der Waals surface area contributed by atoms with Crippen molar-refractivity contribution in [2.45, 2.75) is 111 Å². The zero-order valence-electron chi connectivity index (χ0n) is 23.0. The fourth-order valence-electron chi connectivity index (χ4n) is 8.62. The Kier molecular flexibility index (Phi) is 8.33. The monoisotopic (exact) mass is 502 g/mol. The molecule has 6 nitrogen and oxygen atoms in total. The first-order chi connectivity index (χ1) is 17.1. The number of hydrogen-bond donors (Lipinski definition) is 0. The van der Waals surface area contributed by atoms with Crippen molar-refractivity contribution >= 4 is 17.7 Å². The molecule has 0 saturated heterocycles. The van der Waals surface area contributed by atoms with E-state index in [-0.39, 0.29) is 40.9 Å². The van der Waals surface area contributed by atoms with Gasteiger partial charge in [-0.15, -0.1) is 0 Å². The lowest BCUT2D eigenvalue weighted by molar-refractivity contribution is -0.151. The minimum absolute atomic E-state index is 0.0325. The molecule has 4 aliphatic rings. The molecular weight excluding hydrogens is 456 g/mol. The number of rotatable bonds is 9. The molecule has 36 heavy (non-hydrogen) atoms. The number of carbonyl (C=O) groups excluding carboxylic acids is 3. The van der Waals surface area contributed by atoms with E-state index in [4.69, 9.17) is 14.2 Å². The number of ketones is 1. The van der Waals surface area contributed by atoms with Crippen LogP contribution in [0.25, 0.3) is 0 Å². The molecule has 0 spiro atoms. The van der Waals surface area contributed by atoms with Crippen molar-refractivity contribution in [2.75, 3.05) is 13.7 Å². The molecule has 0 aromatic heterocycles. The van der Waals surface area contributed by atoms with Crippen molar-refractivity contribution in [1.82, 2.24) is 0 Å². The molecule has 0 radical (unpaired) electrons. The maximum atomic E-state index is 12.6. The molecule has 0 heterocycles. The van der Waals surface area contributed by atoms with Gasteiger partial charge in [0.2, 0.25) is 0 Å². The second-order valence-corrected chi connectivity index (χ2v) is 12.4. The van der Waals surface area contributed by atoms with Crippen LogP contribution < -0.4 is 0 Å². The van der Waals surface area contributed by atoms with Crippen LogP contribution in [0.4, 0.5) is 0 Å². The average Bonchev–Trinajstić information content (AvgIpc) is 3.18. The van der Waals surface area contributed by atoms with Crippen LogP contribution in [-0.2, 0) is 28.6 Å². The third-order valence-electron chi connectivity index (χ3n) is 10.4. The van der Waals surface area contributed by atoms with Crippen molar-refractivity contribution in [3.8, 4) is 0 Å². The zero-order valence-corrected chi connectivity index (χ0v) is 23.0. The normalized spacial score (nSPS) is 39.3. The van der Waals surface area contributed by atoms with E-state index in [1.807, 2.05) is 0 Å². The van der Waals surface area contributed by atoms with Gasteiger partial charge in [-0.1, -0.05) is 31.9 Å². The summed E-state index contributed by atoms with van der Waals surface area (Å²) in [5, 5.41) is 0. The molecule has 0 amide bonds. The molecule has 3 fully saturated rings. The Bertz CT molecular complexity index is 879. The predicted octanol–water partition coefficient (Wildman–Crippen LogP) is 5.81. The minimum atomic E-state index is -0.202. The maximum Gasteiger partial charge on any atom is 0.305 e. The molecule has 6 heteroatoms. The van der Waals surface area contributed by atoms with E-state index in [2.05, 4.69) is 19.9 Å². The van der Waals surface area contributed by atoms with E-state index in [0.717, 1.165) is 64.2 Å². The van der Waals surface area contributed by atoms with Gasteiger partial charge in [0.1, 0.15) is 11.9 Å². The minimum Gasteiger partial charge on any atom is -0.469 e. The lowest BCUT2D eigenvalue weighted by Crippen LogP contribution is -2.55. The van der Waals surface area contributed by atoms with Crippen molar-refractivity contribution < 1.29 is 28.6 Å². The molecule has 0 aliphatic heterocycles. The van der Waals surface area contributed by atoms with Crippen molar-refractivity contribution in [2.24, 2.45) is 34.5 Å². The standard InChI is InChI=1S/C30H46O6/c1-19(31)23-10-11-24-28-25(13-15-30(23,24)4)29(3)14-12-22(36-20(2)32)17-21(29)18-26(28)35-16-8-6-7-9-27(33)34-5/h18,22-26,28H,6-17H2,1-5H3/t22-,23+,24-,25-,26-,28-,29-,30+/m0/s1. The van der Waals surface area contributed by atoms with Crippen molar-refractivity contribution in [3.63, 3.8) is 0 Å². The Balaban J connectivity index is 1.54. The summed E-state index contributed by atoms with van der Waals surface area (Å²) in [7, 11) is 1.43. The first-order valence-electron chi connectivity index (χ1n) is 14.2. The molecule has 202 valence electrons. The van der Waals surface area contributed by atoms with E-state index in [1.54, 1.807) is 6.92 Å². The average molecular weight is 503 g/mol. The van der Waals surface area contributed by atoms with Crippen LogP contribution in [0.1, 0.15) is 98.3 Å². The number of carbonyl (C=O) groups is 3. The third kappa shape index (κ3) is 5.16. The first kappa shape index (κ1) is 27.3. The molecule has 0 bridgehead atoms. The van der Waals surface area contributed by atoms with E-state index in [1.165, 1.54) is 19.6 Å². The summed E-state index contributed by atoms with van der Waals surface area (Å²) in [4.78, 5) is 35.6. The van der Waals surface area contributed by atoms with Crippen LogP contribution in [0.5, 0.6) is 0 Å². The van der Waals surface area contributed by atoms with Gasteiger partial charge < -0.3 is 14.2 Å². The van der Waals surface area contributed by atoms with Crippen LogP contribution in [-0.4, -0.2) is 43.6 Å². The van der Waals surface area contributed by atoms with Gasteiger partial charge in [-0.25, -0.2) is 0 Å². The van der Waals surface area contributed by atoms with Gasteiger partial charge in [0.25, 0.3) is 0 Å². The highest BCUT2D eigenvalue weighted by Gasteiger charge is 2.61. The number of hydrogen-bond acceptors (Lipinski definition) is 6. The summed E-state index contributed by atoms with van der Waals surface area (Å²) in [6, 6.07) is 0. The molecule has 0 aromatic rings. The topological polar surface area (TPSA) is 78.9 Å². The summed E-state index contributed by atoms with van der Waals surface area (Å²) < 4.78 is 17.0. The molecule has 0 aromatic carbocycles. The molecule has 4 rings (SSSR count). The van der Waals surface area contributed by atoms with Crippen molar-refractivity contribution in [1.29, 1.82) is 0 Å². The highest BCUT2D eigenvalue weighted by molar-refractivity contribution is 5.79. The van der Waals surface area contributed by atoms with Crippen LogP contribution in [0.2, 0.25) is 0 Å². The van der Waals surface area contributed by atoms with Crippen LogP contribution in [0.3, 0.4) is 0 Å². The number of fused-ring (bicyclic) bond motifs is 5. The Morgan fingerprint density at radius 1 is 0.972 bits per heavy atom. The van der Waals surface area contributed by atoms with Gasteiger partial charge >= 0.3 is 11.9 Å². The van der Waals surface area contributed by atoms with Crippen LogP contribution in [0, 0.1) is 34.5 Å². The SMILES string of the molecule is COC(=O)CCCCCO[C@H]1C=C2C[C@@H](OC(C)=O)CC[C@]2(C)[C@H]2CC[C@]3(C)[C@@H](C(C)=O)CC[C@H]3[C@H]12. The number of unbranched alkanes of at least 4 members (excludes halogenated alkanes) is 2. The Labute approximate surface area is 216 Å². The van der Waals surface area contributed by atoms with Gasteiger partial charge in [0, 0.05) is 32.3 Å². The Morgan fingerprint density at radius 3 is 2.44 bits per heavy atom. The van der Waals surface area contributed by atoms with E-state index < -0.39 is 0 Å². The van der Waals surface area contributed by atoms with E-state index in [0.29, 0.717) is 36.6 Å². The summed E-state index contributed by atoms with van der Waals surface area (Å²) in [6.45, 7) is 8.75. The molecule has 3 saturated carbocycles. The smallest absolute Gasteiger partial charge is 0.305 e. The number of Topliss-reactive ketones (excluding diaryl/α,β-unsaturated/α-hetero) is 1. The fourth-order valence-corrected chi connectivity index (χ4v) is 8.62. The molecule has 0 N–H and O–H groups in total. The van der Waals surface area contributed by atoms with Gasteiger partial charge in [-0.3, -0.25) is 14.4 Å². The summed E-state index contributed by atoms with van der Waals surface area (Å²) in [5.74, 6) is 1.60. The van der Waals surface area contributed by atoms with Crippen LogP contribution in [0.15, 0.2) is 11.6 Å². The van der Waals surface area contributed by atoms with Crippen LogP contribution >= 0.6 is 0 Å². The molecule has 0 unspecified atom stereocenters. The fraction of sp³-hybridized carbons (Fsp3) is 0.833. The highest BCUT2D eigenvalue weighted by Crippen LogP contribution is 2.66. The zero-order chi connectivity index (χ0) is 26.1. The largest absolute Gasteiger partial charge is 0.469 e. The molecule has 4 aliphatic carbocycles. The molecule has 8 atom stereocenters. The summed E-state index contributed by atoms with van der Waals surface area (Å²) in [5.41, 5.74) is 1.57. The lowest BCUT2D eigenvalue weighted by atomic mass is 9.46. The molecular formula is C30H46O6. The van der Waals surface area contributed by atoms with Crippen molar-refractivity contribution in [3.05, 3.63) is 11.6 Å². The van der Waals surface area contributed by atoms with E-state index >= 15 is 0 Å². The first-order valence-corrected chi connectivity index (χ1v) is 14.2. The predicted molar refractivity (Wildman–Crippen MR) is 137 cm³/mol. The number of methoxy groups -OCH3 is 1. The quantitative estimate of drug-likeness (QED) is 0.225. The highest BCUT2D eigenvalue weighted by atomic mass is 16.5. The summed E-state index contributed by atoms with van der Waals surface area (Å²) in [6.07, 6.45) is 12.6. The second-order valence-electron chi connectivity index (χ2n) is 12.4. The summed E-state index contributed by atoms with van der Waals surface area (Å²) >= 11 is 0.